The molecular formula is C9H7NS2. The van der Waals surface area contributed by atoms with Crippen molar-refractivity contribution in [2.24, 2.45) is 0 Å². The van der Waals surface area contributed by atoms with Gasteiger partial charge in [-0.25, -0.2) is 0 Å². The number of thiol groups is 1. The average molecular weight is 193 g/mol. The molecule has 0 amide bonds. The van der Waals surface area contributed by atoms with Gasteiger partial charge in [0.15, 0.2) is 0 Å². The maximum absolute atomic E-state index is 8.79. The van der Waals surface area contributed by atoms with Crippen LogP contribution in [-0.4, -0.2) is 0 Å². The molecule has 60 valence electrons. The molecule has 0 N–H and O–H groups in total. The van der Waals surface area contributed by atoms with Crippen LogP contribution in [0.15, 0.2) is 39.3 Å². The fourth-order valence-electron chi connectivity index (χ4n) is 1.08. The Morgan fingerprint density at radius 1 is 1.33 bits per heavy atom. The molecule has 0 radical (unpaired) electrons. The second-order valence-electron chi connectivity index (χ2n) is 2.34. The molecule has 0 spiro atoms. The Bertz CT molecular complexity index is 369. The minimum Gasteiger partial charge on any atom is -0.191 e. The summed E-state index contributed by atoms with van der Waals surface area (Å²) in [5.41, 5.74) is 0. The Kier molecular flexibility index (Phi) is 2.03. The van der Waals surface area contributed by atoms with E-state index in [2.05, 4.69) is 23.0 Å². The van der Waals surface area contributed by atoms with Crippen LogP contribution >= 0.6 is 22.2 Å². The van der Waals surface area contributed by atoms with E-state index < -0.39 is 0 Å². The first-order valence-corrected chi connectivity index (χ1v) is 5.89. The molecule has 0 unspecified atom stereocenters. The van der Waals surface area contributed by atoms with Crippen molar-refractivity contribution in [1.29, 1.82) is 5.26 Å². The zero-order valence-electron chi connectivity index (χ0n) is 6.27. The topological polar surface area (TPSA) is 23.8 Å². The van der Waals surface area contributed by atoms with Crippen LogP contribution in [0.25, 0.3) is 0 Å². The summed E-state index contributed by atoms with van der Waals surface area (Å²) >= 11 is 1.52. The molecule has 0 aromatic carbocycles. The molecule has 1 aliphatic rings. The van der Waals surface area contributed by atoms with Gasteiger partial charge in [0.25, 0.3) is 0 Å². The molecule has 1 nitrogen and oxygen atoms in total. The van der Waals surface area contributed by atoms with Crippen molar-refractivity contribution in [2.75, 3.05) is 0 Å². The lowest BCUT2D eigenvalue weighted by Gasteiger charge is -2.06. The molecule has 1 aliphatic heterocycles. The van der Waals surface area contributed by atoms with Crippen LogP contribution in [0.4, 0.5) is 0 Å². The molecule has 3 heteroatoms. The van der Waals surface area contributed by atoms with E-state index >= 15 is 0 Å². The van der Waals surface area contributed by atoms with E-state index in [0.29, 0.717) is 0 Å². The van der Waals surface area contributed by atoms with Crippen molar-refractivity contribution >= 4 is 22.2 Å². The Hall–Kier alpha value is -0.980. The lowest BCUT2D eigenvalue weighted by atomic mass is 10.5. The minimum atomic E-state index is -0.303. The predicted molar refractivity (Wildman–Crippen MR) is 54.6 cm³/mol. The first kappa shape index (κ1) is 7.66. The largest absolute Gasteiger partial charge is 0.191 e. The number of thiophene rings is 1. The standard InChI is InChI=1S/C9H7NS2/c10-7-8-9(3-4-11-8)12-5-1-2-6-12/h1-6,12H. The molecule has 12 heavy (non-hydrogen) atoms. The van der Waals surface area contributed by atoms with Gasteiger partial charge >= 0.3 is 0 Å². The van der Waals surface area contributed by atoms with Crippen molar-refractivity contribution in [1.82, 2.24) is 0 Å². The molecule has 0 fully saturated rings. The van der Waals surface area contributed by atoms with E-state index in [9.17, 15) is 0 Å². The van der Waals surface area contributed by atoms with E-state index in [-0.39, 0.29) is 10.9 Å². The molecule has 0 atom stereocenters. The van der Waals surface area contributed by atoms with Gasteiger partial charge in [0.1, 0.15) is 10.9 Å². The maximum atomic E-state index is 8.79. The normalized spacial score (nSPS) is 16.8. The van der Waals surface area contributed by atoms with Gasteiger partial charge in [-0.3, -0.25) is 0 Å². The van der Waals surface area contributed by atoms with Gasteiger partial charge in [-0.2, -0.15) is 16.2 Å². The van der Waals surface area contributed by atoms with Crippen molar-refractivity contribution < 1.29 is 0 Å². The monoisotopic (exact) mass is 193 g/mol. The van der Waals surface area contributed by atoms with E-state index in [1.807, 2.05) is 17.5 Å². The van der Waals surface area contributed by atoms with Gasteiger partial charge in [-0.05, 0) is 22.3 Å². The highest BCUT2D eigenvalue weighted by Crippen LogP contribution is 2.45. The zero-order valence-corrected chi connectivity index (χ0v) is 7.98. The molecule has 2 rings (SSSR count). The van der Waals surface area contributed by atoms with Crippen LogP contribution in [0, 0.1) is 11.3 Å². The SMILES string of the molecule is N#Cc1sccc1[SH]1C=CC=C1. The molecular weight excluding hydrogens is 186 g/mol. The van der Waals surface area contributed by atoms with Crippen LogP contribution in [0.3, 0.4) is 0 Å². The van der Waals surface area contributed by atoms with Gasteiger partial charge in [0.2, 0.25) is 0 Å². The van der Waals surface area contributed by atoms with Gasteiger partial charge < -0.3 is 0 Å². The number of hydrogen-bond acceptors (Lipinski definition) is 2. The third-order valence-corrected chi connectivity index (χ3v) is 4.51. The first-order chi connectivity index (χ1) is 5.92. The molecule has 0 aliphatic carbocycles. The number of allylic oxidation sites excluding steroid dienone is 2. The van der Waals surface area contributed by atoms with Gasteiger partial charge in [0, 0.05) is 4.90 Å². The first-order valence-electron chi connectivity index (χ1n) is 3.53. The summed E-state index contributed by atoms with van der Waals surface area (Å²) in [6, 6.07) is 4.27. The molecule has 0 bridgehead atoms. The van der Waals surface area contributed by atoms with Gasteiger partial charge in [-0.15, -0.1) is 11.3 Å². The van der Waals surface area contributed by atoms with Crippen LogP contribution in [0.1, 0.15) is 4.88 Å². The second-order valence-corrected chi connectivity index (χ2v) is 5.15. The average Bonchev–Trinajstić information content (AvgIpc) is 2.74. The van der Waals surface area contributed by atoms with Crippen LogP contribution in [0.2, 0.25) is 0 Å². The second kappa shape index (κ2) is 3.18. The molecule has 1 aromatic rings. The van der Waals surface area contributed by atoms with E-state index in [1.54, 1.807) is 0 Å². The fourth-order valence-corrected chi connectivity index (χ4v) is 3.76. The maximum Gasteiger partial charge on any atom is 0.117 e. The van der Waals surface area contributed by atoms with Crippen LogP contribution < -0.4 is 0 Å². The van der Waals surface area contributed by atoms with Crippen LogP contribution in [0.5, 0.6) is 0 Å². The number of hydrogen-bond donors (Lipinski definition) is 1. The Balaban J connectivity index is 2.40. The highest BCUT2D eigenvalue weighted by atomic mass is 32.2. The number of nitrogens with zero attached hydrogens (tertiary/aromatic N) is 1. The lowest BCUT2D eigenvalue weighted by molar-refractivity contribution is 1.46. The molecule has 0 saturated heterocycles. The summed E-state index contributed by atoms with van der Waals surface area (Å²) in [7, 11) is -0.303. The number of rotatable bonds is 1. The van der Waals surface area contributed by atoms with Crippen molar-refractivity contribution in [3.8, 4) is 6.07 Å². The summed E-state index contributed by atoms with van der Waals surface area (Å²) in [6.07, 6.45) is 4.09. The van der Waals surface area contributed by atoms with Crippen molar-refractivity contribution in [3.63, 3.8) is 0 Å². The summed E-state index contributed by atoms with van der Waals surface area (Å²) in [5.74, 6) is 0. The predicted octanol–water partition coefficient (Wildman–Crippen LogP) is 3.02. The zero-order chi connectivity index (χ0) is 8.39. The fraction of sp³-hybridized carbons (Fsp3) is 0. The third-order valence-electron chi connectivity index (χ3n) is 1.63. The van der Waals surface area contributed by atoms with Gasteiger partial charge in [0.05, 0.1) is 0 Å². The summed E-state index contributed by atoms with van der Waals surface area (Å²) in [6.45, 7) is 0. The quantitative estimate of drug-likeness (QED) is 0.681. The Morgan fingerprint density at radius 3 is 2.75 bits per heavy atom. The molecule has 1 aromatic heterocycles. The van der Waals surface area contributed by atoms with Crippen molar-refractivity contribution in [2.45, 2.75) is 4.90 Å². The smallest absolute Gasteiger partial charge is 0.117 e. The Labute approximate surface area is 78.0 Å². The van der Waals surface area contributed by atoms with E-state index in [4.69, 9.17) is 5.26 Å². The highest BCUT2D eigenvalue weighted by molar-refractivity contribution is 8.22. The van der Waals surface area contributed by atoms with Crippen molar-refractivity contribution in [3.05, 3.63) is 39.3 Å². The lowest BCUT2D eigenvalue weighted by Crippen LogP contribution is -1.72. The number of nitriles is 1. The Morgan fingerprint density at radius 2 is 2.08 bits per heavy atom. The highest BCUT2D eigenvalue weighted by Gasteiger charge is 2.09. The van der Waals surface area contributed by atoms with E-state index in [0.717, 1.165) is 4.88 Å². The minimum absolute atomic E-state index is 0.303. The molecule has 2 heterocycles. The summed E-state index contributed by atoms with van der Waals surface area (Å²) in [5, 5.41) is 15.1. The third kappa shape index (κ3) is 1.20. The molecule has 0 saturated carbocycles. The summed E-state index contributed by atoms with van der Waals surface area (Å²) in [4.78, 5) is 2.06. The van der Waals surface area contributed by atoms with E-state index in [1.165, 1.54) is 16.2 Å². The summed E-state index contributed by atoms with van der Waals surface area (Å²) < 4.78 is 0. The van der Waals surface area contributed by atoms with Crippen LogP contribution in [-0.2, 0) is 0 Å². The van der Waals surface area contributed by atoms with Gasteiger partial charge in [-0.1, -0.05) is 12.2 Å².